The van der Waals surface area contributed by atoms with Gasteiger partial charge in [0, 0.05) is 19.3 Å². The van der Waals surface area contributed by atoms with Crippen LogP contribution < -0.4 is 10.6 Å². The van der Waals surface area contributed by atoms with Crippen LogP contribution in [0.1, 0.15) is 40.0 Å². The first kappa shape index (κ1) is 13.7. The molecule has 0 aliphatic carbocycles. The van der Waals surface area contributed by atoms with Gasteiger partial charge in [-0.2, -0.15) is 4.98 Å². The van der Waals surface area contributed by atoms with Crippen molar-refractivity contribution in [3.05, 3.63) is 12.3 Å². The topological polar surface area (TPSA) is 49.8 Å². The van der Waals surface area contributed by atoms with Gasteiger partial charge in [0.15, 0.2) is 0 Å². The van der Waals surface area contributed by atoms with Crippen molar-refractivity contribution < 1.29 is 0 Å². The Kier molecular flexibility index (Phi) is 6.37. The Bertz CT molecular complexity index is 312. The van der Waals surface area contributed by atoms with E-state index in [9.17, 15) is 0 Å². The Morgan fingerprint density at radius 2 is 2.06 bits per heavy atom. The molecule has 0 unspecified atom stereocenters. The van der Waals surface area contributed by atoms with Gasteiger partial charge in [0.05, 0.1) is 0 Å². The van der Waals surface area contributed by atoms with Crippen molar-refractivity contribution in [2.75, 3.05) is 23.7 Å². The minimum atomic E-state index is 0.702. The summed E-state index contributed by atoms with van der Waals surface area (Å²) in [4.78, 5) is 8.61. The zero-order valence-corrected chi connectivity index (χ0v) is 11.2. The maximum Gasteiger partial charge on any atom is 0.224 e. The minimum absolute atomic E-state index is 0.702. The number of nitrogens with zero attached hydrogens (tertiary/aromatic N) is 2. The summed E-state index contributed by atoms with van der Waals surface area (Å²) in [6, 6.07) is 1.91. The molecule has 0 radical (unpaired) electrons. The molecule has 0 aliphatic rings. The molecule has 1 heterocycles. The Balaban J connectivity index is 2.37. The highest BCUT2D eigenvalue weighted by Gasteiger charge is 1.99. The van der Waals surface area contributed by atoms with E-state index in [0.717, 1.165) is 25.3 Å². The van der Waals surface area contributed by atoms with Crippen molar-refractivity contribution in [1.29, 1.82) is 0 Å². The number of hydrogen-bond acceptors (Lipinski definition) is 4. The number of rotatable bonds is 8. The summed E-state index contributed by atoms with van der Waals surface area (Å²) in [6.07, 6.45) is 5.29. The van der Waals surface area contributed by atoms with Gasteiger partial charge < -0.3 is 10.6 Å². The molecule has 0 aliphatic heterocycles. The number of nitrogens with one attached hydrogen (secondary N) is 2. The van der Waals surface area contributed by atoms with E-state index < -0.39 is 0 Å². The van der Waals surface area contributed by atoms with Crippen LogP contribution in [-0.4, -0.2) is 23.1 Å². The molecule has 0 bridgehead atoms. The smallest absolute Gasteiger partial charge is 0.224 e. The van der Waals surface area contributed by atoms with Crippen LogP contribution in [0.5, 0.6) is 0 Å². The van der Waals surface area contributed by atoms with Crippen molar-refractivity contribution >= 4 is 11.8 Å². The Labute approximate surface area is 104 Å². The summed E-state index contributed by atoms with van der Waals surface area (Å²) in [7, 11) is 0. The average molecular weight is 236 g/mol. The van der Waals surface area contributed by atoms with Gasteiger partial charge in [0.1, 0.15) is 5.82 Å². The van der Waals surface area contributed by atoms with Crippen LogP contribution in [0, 0.1) is 5.92 Å². The molecule has 96 valence electrons. The van der Waals surface area contributed by atoms with Crippen molar-refractivity contribution in [1.82, 2.24) is 9.97 Å². The molecule has 17 heavy (non-hydrogen) atoms. The van der Waals surface area contributed by atoms with Gasteiger partial charge in [-0.15, -0.1) is 0 Å². The molecule has 4 heteroatoms. The molecule has 0 saturated heterocycles. The zero-order valence-electron chi connectivity index (χ0n) is 11.2. The van der Waals surface area contributed by atoms with E-state index in [2.05, 4.69) is 41.4 Å². The van der Waals surface area contributed by atoms with Crippen molar-refractivity contribution in [3.8, 4) is 0 Å². The highest BCUT2D eigenvalue weighted by atomic mass is 15.1. The summed E-state index contributed by atoms with van der Waals surface area (Å²) in [5.74, 6) is 2.32. The number of unbranched alkanes of at least 4 members (excludes halogenated alkanes) is 1. The van der Waals surface area contributed by atoms with E-state index in [0.29, 0.717) is 11.9 Å². The molecule has 0 aromatic carbocycles. The van der Waals surface area contributed by atoms with E-state index in [-0.39, 0.29) is 0 Å². The summed E-state index contributed by atoms with van der Waals surface area (Å²) in [5.41, 5.74) is 0. The second kappa shape index (κ2) is 7.87. The van der Waals surface area contributed by atoms with Crippen LogP contribution in [0.3, 0.4) is 0 Å². The largest absolute Gasteiger partial charge is 0.370 e. The van der Waals surface area contributed by atoms with Gasteiger partial charge in [0.25, 0.3) is 0 Å². The van der Waals surface area contributed by atoms with Gasteiger partial charge >= 0.3 is 0 Å². The molecule has 0 atom stereocenters. The Morgan fingerprint density at radius 1 is 1.24 bits per heavy atom. The fraction of sp³-hybridized carbons (Fsp3) is 0.692. The minimum Gasteiger partial charge on any atom is -0.370 e. The molecule has 2 N–H and O–H groups in total. The first-order valence-corrected chi connectivity index (χ1v) is 6.53. The summed E-state index contributed by atoms with van der Waals surface area (Å²) >= 11 is 0. The Hall–Kier alpha value is -1.32. The second-order valence-electron chi connectivity index (χ2n) is 4.66. The monoisotopic (exact) mass is 236 g/mol. The Morgan fingerprint density at radius 3 is 2.76 bits per heavy atom. The standard InChI is InChI=1S/C13H24N4/c1-4-5-8-14-12-7-10-16-13(17-12)15-9-6-11(2)3/h7,10-11H,4-6,8-9H2,1-3H3,(H2,14,15,16,17). The van der Waals surface area contributed by atoms with Gasteiger partial charge in [-0.1, -0.05) is 27.2 Å². The molecule has 0 fully saturated rings. The van der Waals surface area contributed by atoms with Gasteiger partial charge in [-0.25, -0.2) is 4.98 Å². The zero-order chi connectivity index (χ0) is 12.5. The van der Waals surface area contributed by atoms with Crippen molar-refractivity contribution in [3.63, 3.8) is 0 Å². The molecular weight excluding hydrogens is 212 g/mol. The maximum absolute atomic E-state index is 4.41. The molecule has 1 rings (SSSR count). The first-order chi connectivity index (χ1) is 8.22. The van der Waals surface area contributed by atoms with Crippen LogP contribution >= 0.6 is 0 Å². The van der Waals surface area contributed by atoms with Gasteiger partial charge in [0.2, 0.25) is 5.95 Å². The molecular formula is C13H24N4. The van der Waals surface area contributed by atoms with Crippen LogP contribution in [0.4, 0.5) is 11.8 Å². The highest BCUT2D eigenvalue weighted by Crippen LogP contribution is 2.07. The van der Waals surface area contributed by atoms with Gasteiger partial charge in [-0.05, 0) is 24.8 Å². The molecule has 1 aromatic heterocycles. The van der Waals surface area contributed by atoms with Crippen LogP contribution in [-0.2, 0) is 0 Å². The fourth-order valence-corrected chi connectivity index (χ4v) is 1.41. The summed E-state index contributed by atoms with van der Waals surface area (Å²) < 4.78 is 0. The molecule has 0 saturated carbocycles. The lowest BCUT2D eigenvalue weighted by atomic mass is 10.1. The van der Waals surface area contributed by atoms with Crippen molar-refractivity contribution in [2.45, 2.75) is 40.0 Å². The lowest BCUT2D eigenvalue weighted by Gasteiger charge is -2.08. The predicted octanol–water partition coefficient (Wildman–Crippen LogP) is 3.15. The predicted molar refractivity (Wildman–Crippen MR) is 73.4 cm³/mol. The number of anilines is 2. The quantitative estimate of drug-likeness (QED) is 0.681. The third-order valence-electron chi connectivity index (χ3n) is 2.50. The van der Waals surface area contributed by atoms with E-state index in [1.165, 1.54) is 12.8 Å². The molecule has 4 nitrogen and oxygen atoms in total. The van der Waals surface area contributed by atoms with E-state index in [1.54, 1.807) is 6.20 Å². The van der Waals surface area contributed by atoms with Crippen LogP contribution in [0.15, 0.2) is 12.3 Å². The third kappa shape index (κ3) is 6.09. The highest BCUT2D eigenvalue weighted by molar-refractivity contribution is 5.39. The summed E-state index contributed by atoms with van der Waals surface area (Å²) in [5, 5.41) is 6.54. The SMILES string of the molecule is CCCCNc1ccnc(NCCC(C)C)n1. The number of aromatic nitrogens is 2. The molecule has 0 amide bonds. The summed E-state index contributed by atoms with van der Waals surface area (Å²) in [6.45, 7) is 8.51. The average Bonchev–Trinajstić information content (AvgIpc) is 2.29. The lowest BCUT2D eigenvalue weighted by Crippen LogP contribution is -2.09. The fourth-order valence-electron chi connectivity index (χ4n) is 1.41. The normalized spacial score (nSPS) is 10.6. The molecule has 0 spiro atoms. The second-order valence-corrected chi connectivity index (χ2v) is 4.66. The molecule has 1 aromatic rings. The van der Waals surface area contributed by atoms with E-state index in [4.69, 9.17) is 0 Å². The lowest BCUT2D eigenvalue weighted by molar-refractivity contribution is 0.606. The third-order valence-corrected chi connectivity index (χ3v) is 2.50. The van der Waals surface area contributed by atoms with Crippen LogP contribution in [0.25, 0.3) is 0 Å². The van der Waals surface area contributed by atoms with Gasteiger partial charge in [-0.3, -0.25) is 0 Å². The van der Waals surface area contributed by atoms with Crippen LogP contribution in [0.2, 0.25) is 0 Å². The van der Waals surface area contributed by atoms with E-state index in [1.807, 2.05) is 6.07 Å². The first-order valence-electron chi connectivity index (χ1n) is 6.53. The maximum atomic E-state index is 4.41. The van der Waals surface area contributed by atoms with E-state index >= 15 is 0 Å². The van der Waals surface area contributed by atoms with Crippen molar-refractivity contribution in [2.24, 2.45) is 5.92 Å². The number of hydrogen-bond donors (Lipinski definition) is 2.